The van der Waals surface area contributed by atoms with E-state index in [0.717, 1.165) is 25.2 Å². The maximum absolute atomic E-state index is 10.5. The van der Waals surface area contributed by atoms with Crippen molar-refractivity contribution in [3.05, 3.63) is 77.9 Å². The van der Waals surface area contributed by atoms with E-state index < -0.39 is 6.10 Å². The van der Waals surface area contributed by atoms with E-state index in [1.807, 2.05) is 42.5 Å². The van der Waals surface area contributed by atoms with Crippen LogP contribution in [-0.2, 0) is 0 Å². The van der Waals surface area contributed by atoms with Gasteiger partial charge in [-0.15, -0.1) is 0 Å². The van der Waals surface area contributed by atoms with Gasteiger partial charge < -0.3 is 5.11 Å². The Morgan fingerprint density at radius 1 is 0.955 bits per heavy atom. The summed E-state index contributed by atoms with van der Waals surface area (Å²) in [5, 5.41) is 10.5. The Balaban J connectivity index is 1.85. The van der Waals surface area contributed by atoms with Gasteiger partial charge in [-0.25, -0.2) is 0 Å². The summed E-state index contributed by atoms with van der Waals surface area (Å²) in [5.74, 6) is 0. The van der Waals surface area contributed by atoms with Gasteiger partial charge in [0.1, 0.15) is 0 Å². The third-order valence-electron chi connectivity index (χ3n) is 4.24. The van der Waals surface area contributed by atoms with Crippen molar-refractivity contribution < 1.29 is 5.11 Å². The van der Waals surface area contributed by atoms with E-state index in [0.29, 0.717) is 0 Å². The molecule has 1 unspecified atom stereocenters. The number of nitrogens with zero attached hydrogens (tertiary/aromatic N) is 1. The highest BCUT2D eigenvalue weighted by atomic mass is 16.3. The molecule has 0 radical (unpaired) electrons. The molecule has 1 saturated heterocycles. The van der Waals surface area contributed by atoms with Crippen molar-refractivity contribution in [3.8, 4) is 0 Å². The van der Waals surface area contributed by atoms with Gasteiger partial charge in [-0.3, -0.25) is 4.90 Å². The molecule has 2 aromatic rings. The molecule has 0 aromatic heterocycles. The quantitative estimate of drug-likeness (QED) is 0.904. The average molecular weight is 293 g/mol. The lowest BCUT2D eigenvalue weighted by Crippen LogP contribution is -2.21. The number of hydrogen-bond acceptors (Lipinski definition) is 2. The summed E-state index contributed by atoms with van der Waals surface area (Å²) < 4.78 is 0. The molecule has 0 bridgehead atoms. The lowest BCUT2D eigenvalue weighted by molar-refractivity contribution is 0.228. The first kappa shape index (κ1) is 15.0. The molecule has 3 rings (SSSR count). The summed E-state index contributed by atoms with van der Waals surface area (Å²) in [6.07, 6.45) is 4.01. The van der Waals surface area contributed by atoms with Crippen LogP contribution in [0.3, 0.4) is 0 Å². The molecule has 0 saturated carbocycles. The first-order chi connectivity index (χ1) is 10.8. The number of aliphatic hydroxyl groups excluding tert-OH is 1. The van der Waals surface area contributed by atoms with E-state index in [9.17, 15) is 5.11 Å². The minimum absolute atomic E-state index is 0.556. The summed E-state index contributed by atoms with van der Waals surface area (Å²) in [4.78, 5) is 2.47. The van der Waals surface area contributed by atoms with E-state index in [4.69, 9.17) is 0 Å². The summed E-state index contributed by atoms with van der Waals surface area (Å²) >= 11 is 0. The molecule has 1 aliphatic rings. The minimum atomic E-state index is -0.556. The summed E-state index contributed by atoms with van der Waals surface area (Å²) in [6, 6.07) is 20.2. The van der Waals surface area contributed by atoms with Crippen molar-refractivity contribution in [2.45, 2.75) is 18.9 Å². The van der Waals surface area contributed by atoms with E-state index in [-0.39, 0.29) is 0 Å². The van der Waals surface area contributed by atoms with Crippen LogP contribution in [0.2, 0.25) is 0 Å². The smallest absolute Gasteiger partial charge is 0.0978 e. The van der Waals surface area contributed by atoms with Crippen LogP contribution >= 0.6 is 0 Å². The molecule has 22 heavy (non-hydrogen) atoms. The van der Waals surface area contributed by atoms with Crippen LogP contribution in [0.15, 0.2) is 66.7 Å². The highest BCUT2D eigenvalue weighted by Crippen LogP contribution is 2.23. The Labute approximate surface area is 132 Å². The fourth-order valence-electron chi connectivity index (χ4n) is 3.01. The maximum atomic E-state index is 10.5. The predicted molar refractivity (Wildman–Crippen MR) is 91.5 cm³/mol. The maximum Gasteiger partial charge on any atom is 0.0978 e. The lowest BCUT2D eigenvalue weighted by atomic mass is 10.0. The Morgan fingerprint density at radius 2 is 1.55 bits per heavy atom. The molecule has 1 atom stereocenters. The van der Waals surface area contributed by atoms with E-state index >= 15 is 0 Å². The highest BCUT2D eigenvalue weighted by Gasteiger charge is 2.15. The topological polar surface area (TPSA) is 23.5 Å². The van der Waals surface area contributed by atoms with Gasteiger partial charge in [0.2, 0.25) is 0 Å². The van der Waals surface area contributed by atoms with Crippen LogP contribution in [0, 0.1) is 0 Å². The van der Waals surface area contributed by atoms with Crippen molar-refractivity contribution in [2.24, 2.45) is 0 Å². The molecule has 0 spiro atoms. The van der Waals surface area contributed by atoms with E-state index in [2.05, 4.69) is 29.2 Å². The minimum Gasteiger partial charge on any atom is -0.384 e. The summed E-state index contributed by atoms with van der Waals surface area (Å²) in [6.45, 7) is 3.23. The van der Waals surface area contributed by atoms with Gasteiger partial charge in [0.05, 0.1) is 6.10 Å². The molecule has 0 amide bonds. The second kappa shape index (κ2) is 7.39. The van der Waals surface area contributed by atoms with Gasteiger partial charge in [-0.1, -0.05) is 60.7 Å². The second-order valence-electron chi connectivity index (χ2n) is 5.90. The van der Waals surface area contributed by atoms with Gasteiger partial charge in [-0.2, -0.15) is 0 Å². The zero-order valence-corrected chi connectivity index (χ0v) is 12.9. The molecule has 114 valence electrons. The molecule has 1 aliphatic heterocycles. The summed E-state index contributed by atoms with van der Waals surface area (Å²) in [5.41, 5.74) is 3.35. The number of benzene rings is 2. The molecule has 2 aromatic carbocycles. The van der Waals surface area contributed by atoms with Crippen LogP contribution < -0.4 is 0 Å². The van der Waals surface area contributed by atoms with Crippen LogP contribution in [0.5, 0.6) is 0 Å². The first-order valence-electron chi connectivity index (χ1n) is 8.04. The largest absolute Gasteiger partial charge is 0.384 e. The number of aliphatic hydroxyl groups is 1. The molecule has 2 nitrogen and oxygen atoms in total. The number of likely N-dealkylation sites (tertiary alicyclic amines) is 1. The standard InChI is InChI=1S/C20H23NO/c22-20(18-11-5-2-6-12-18)15-19(16-21-13-7-8-14-21)17-9-3-1-4-10-17/h1-6,9-12,15,20,22H,7-8,13-14,16H2/b19-15+. The third kappa shape index (κ3) is 3.85. The van der Waals surface area contributed by atoms with Crippen LogP contribution in [0.1, 0.15) is 30.1 Å². The van der Waals surface area contributed by atoms with Crippen molar-refractivity contribution >= 4 is 5.57 Å². The van der Waals surface area contributed by atoms with Crippen LogP contribution in [0.4, 0.5) is 0 Å². The first-order valence-corrected chi connectivity index (χ1v) is 8.04. The molecular weight excluding hydrogens is 270 g/mol. The van der Waals surface area contributed by atoms with Crippen LogP contribution in [-0.4, -0.2) is 29.6 Å². The highest BCUT2D eigenvalue weighted by molar-refractivity contribution is 5.67. The monoisotopic (exact) mass is 293 g/mol. The van der Waals surface area contributed by atoms with E-state index in [1.54, 1.807) is 0 Å². The molecule has 1 N–H and O–H groups in total. The Kier molecular flexibility index (Phi) is 5.04. The van der Waals surface area contributed by atoms with Gasteiger partial charge in [-0.05, 0) is 48.7 Å². The molecular formula is C20H23NO. The number of hydrogen-bond donors (Lipinski definition) is 1. The Bertz CT molecular complexity index is 600. The molecule has 0 aliphatic carbocycles. The van der Waals surface area contributed by atoms with Crippen molar-refractivity contribution in [2.75, 3.05) is 19.6 Å². The number of rotatable bonds is 5. The van der Waals surface area contributed by atoms with Gasteiger partial charge in [0.15, 0.2) is 0 Å². The predicted octanol–water partition coefficient (Wildman–Crippen LogP) is 3.90. The zero-order chi connectivity index (χ0) is 15.2. The van der Waals surface area contributed by atoms with Gasteiger partial charge >= 0.3 is 0 Å². The van der Waals surface area contributed by atoms with Crippen LogP contribution in [0.25, 0.3) is 5.57 Å². The average Bonchev–Trinajstić information content (AvgIpc) is 3.09. The Morgan fingerprint density at radius 3 is 2.18 bits per heavy atom. The van der Waals surface area contributed by atoms with Gasteiger partial charge in [0.25, 0.3) is 0 Å². The zero-order valence-electron chi connectivity index (χ0n) is 12.9. The third-order valence-corrected chi connectivity index (χ3v) is 4.24. The lowest BCUT2D eigenvalue weighted by Gasteiger charge is -2.19. The molecule has 2 heteroatoms. The molecule has 1 fully saturated rings. The SMILES string of the molecule is OC(/C=C(\CN1CCCC1)c1ccccc1)c1ccccc1. The van der Waals surface area contributed by atoms with Gasteiger partial charge in [0, 0.05) is 6.54 Å². The fourth-order valence-corrected chi connectivity index (χ4v) is 3.01. The summed E-state index contributed by atoms with van der Waals surface area (Å²) in [7, 11) is 0. The van der Waals surface area contributed by atoms with Crippen molar-refractivity contribution in [3.63, 3.8) is 0 Å². The normalized spacial score (nSPS) is 17.6. The second-order valence-corrected chi connectivity index (χ2v) is 5.90. The Hall–Kier alpha value is -1.90. The fraction of sp³-hybridized carbons (Fsp3) is 0.300. The molecule has 1 heterocycles. The van der Waals surface area contributed by atoms with E-state index in [1.165, 1.54) is 24.0 Å². The van der Waals surface area contributed by atoms with Crippen molar-refractivity contribution in [1.82, 2.24) is 4.90 Å². The van der Waals surface area contributed by atoms with Crippen molar-refractivity contribution in [1.29, 1.82) is 0 Å².